The molecular formula is C18H17N5. The first kappa shape index (κ1) is 13.6. The van der Waals surface area contributed by atoms with Crippen molar-refractivity contribution in [3.63, 3.8) is 0 Å². The summed E-state index contributed by atoms with van der Waals surface area (Å²) >= 11 is 0. The molecular weight excluding hydrogens is 286 g/mol. The SMILES string of the molecule is Cn1nc2ccccn2/c1=N/NCc1cccc2ccccc12. The van der Waals surface area contributed by atoms with E-state index in [0.717, 1.165) is 11.3 Å². The van der Waals surface area contributed by atoms with Crippen molar-refractivity contribution >= 4 is 16.4 Å². The first-order valence-electron chi connectivity index (χ1n) is 7.56. The van der Waals surface area contributed by atoms with Crippen molar-refractivity contribution in [3.05, 3.63) is 78.0 Å². The second-order valence-corrected chi connectivity index (χ2v) is 5.44. The number of nitrogens with zero attached hydrogens (tertiary/aromatic N) is 4. The van der Waals surface area contributed by atoms with Crippen molar-refractivity contribution in [2.45, 2.75) is 6.54 Å². The molecule has 0 atom stereocenters. The number of pyridine rings is 1. The summed E-state index contributed by atoms with van der Waals surface area (Å²) in [6, 6.07) is 20.6. The third-order valence-corrected chi connectivity index (χ3v) is 3.92. The minimum Gasteiger partial charge on any atom is -0.302 e. The molecule has 114 valence electrons. The van der Waals surface area contributed by atoms with E-state index in [9.17, 15) is 0 Å². The van der Waals surface area contributed by atoms with Crippen LogP contribution in [0.15, 0.2) is 72.0 Å². The lowest BCUT2D eigenvalue weighted by atomic mass is 10.1. The molecule has 2 aromatic carbocycles. The molecule has 23 heavy (non-hydrogen) atoms. The van der Waals surface area contributed by atoms with Crippen LogP contribution in [0, 0.1) is 0 Å². The van der Waals surface area contributed by atoms with Crippen molar-refractivity contribution in [2.75, 3.05) is 0 Å². The fourth-order valence-corrected chi connectivity index (χ4v) is 2.81. The molecule has 5 nitrogen and oxygen atoms in total. The molecule has 0 unspecified atom stereocenters. The Bertz CT molecular complexity index is 1040. The van der Waals surface area contributed by atoms with Gasteiger partial charge in [-0.3, -0.25) is 4.40 Å². The zero-order valence-corrected chi connectivity index (χ0v) is 12.8. The minimum atomic E-state index is 0.668. The predicted molar refractivity (Wildman–Crippen MR) is 90.5 cm³/mol. The molecule has 0 aliphatic heterocycles. The van der Waals surface area contributed by atoms with Crippen LogP contribution in [-0.4, -0.2) is 14.2 Å². The Kier molecular flexibility index (Phi) is 3.31. The van der Waals surface area contributed by atoms with Gasteiger partial charge in [-0.15, -0.1) is 5.10 Å². The Labute approximate surface area is 133 Å². The number of nitrogens with one attached hydrogen (secondary N) is 1. The van der Waals surface area contributed by atoms with E-state index in [1.807, 2.05) is 35.8 Å². The molecule has 0 saturated heterocycles. The van der Waals surface area contributed by atoms with Crippen LogP contribution in [0.5, 0.6) is 0 Å². The highest BCUT2D eigenvalue weighted by molar-refractivity contribution is 5.85. The fourth-order valence-electron chi connectivity index (χ4n) is 2.81. The van der Waals surface area contributed by atoms with E-state index in [1.165, 1.54) is 16.3 Å². The summed E-state index contributed by atoms with van der Waals surface area (Å²) in [5.74, 6) is 0. The first-order chi connectivity index (χ1) is 11.3. The number of aryl methyl sites for hydroxylation is 1. The Morgan fingerprint density at radius 3 is 2.78 bits per heavy atom. The van der Waals surface area contributed by atoms with Crippen molar-refractivity contribution < 1.29 is 0 Å². The normalized spacial score (nSPS) is 12.1. The zero-order chi connectivity index (χ0) is 15.6. The van der Waals surface area contributed by atoms with Crippen LogP contribution in [0.2, 0.25) is 0 Å². The predicted octanol–water partition coefficient (Wildman–Crippen LogP) is 2.43. The van der Waals surface area contributed by atoms with Gasteiger partial charge in [0.05, 0.1) is 6.54 Å². The monoisotopic (exact) mass is 303 g/mol. The van der Waals surface area contributed by atoms with Gasteiger partial charge >= 0.3 is 0 Å². The Morgan fingerprint density at radius 2 is 1.83 bits per heavy atom. The summed E-state index contributed by atoms with van der Waals surface area (Å²) < 4.78 is 3.72. The van der Waals surface area contributed by atoms with Gasteiger partial charge < -0.3 is 5.43 Å². The quantitative estimate of drug-likeness (QED) is 0.591. The molecule has 0 aliphatic carbocycles. The van der Waals surface area contributed by atoms with E-state index in [-0.39, 0.29) is 0 Å². The van der Waals surface area contributed by atoms with Crippen LogP contribution in [-0.2, 0) is 13.6 Å². The maximum Gasteiger partial charge on any atom is 0.249 e. The molecule has 2 aromatic heterocycles. The lowest BCUT2D eigenvalue weighted by Crippen LogP contribution is -2.24. The standard InChI is InChI=1S/C18H17N5/c1-22-18(23-12-5-4-11-17(23)21-22)20-19-13-15-9-6-8-14-7-2-3-10-16(14)15/h2-12,19H,13H2,1H3/b20-18+. The topological polar surface area (TPSA) is 46.6 Å². The smallest absolute Gasteiger partial charge is 0.249 e. The molecule has 2 heterocycles. The second-order valence-electron chi connectivity index (χ2n) is 5.44. The van der Waals surface area contributed by atoms with Gasteiger partial charge in [-0.25, -0.2) is 4.68 Å². The molecule has 1 N–H and O–H groups in total. The summed E-state index contributed by atoms with van der Waals surface area (Å²) in [6.07, 6.45) is 1.96. The Hall–Kier alpha value is -3.08. The molecule has 0 amide bonds. The fraction of sp³-hybridized carbons (Fsp3) is 0.111. The summed E-state index contributed by atoms with van der Waals surface area (Å²) in [5.41, 5.74) is 6.04. The van der Waals surface area contributed by atoms with Gasteiger partial charge in [-0.05, 0) is 28.5 Å². The number of aromatic nitrogens is 3. The van der Waals surface area contributed by atoms with Crippen LogP contribution in [0.4, 0.5) is 0 Å². The van der Waals surface area contributed by atoms with Gasteiger partial charge in [0, 0.05) is 13.2 Å². The van der Waals surface area contributed by atoms with Crippen molar-refractivity contribution in [1.82, 2.24) is 19.6 Å². The molecule has 4 rings (SSSR count). The average Bonchev–Trinajstić information content (AvgIpc) is 2.91. The second kappa shape index (κ2) is 5.61. The molecule has 0 spiro atoms. The number of rotatable bonds is 3. The summed E-state index contributed by atoms with van der Waals surface area (Å²) in [7, 11) is 1.89. The third kappa shape index (κ3) is 2.46. The van der Waals surface area contributed by atoms with Crippen molar-refractivity contribution in [2.24, 2.45) is 12.1 Å². The molecule has 0 aliphatic rings. The maximum absolute atomic E-state index is 4.51. The van der Waals surface area contributed by atoms with Crippen LogP contribution < -0.4 is 11.0 Å². The lowest BCUT2D eigenvalue weighted by molar-refractivity contribution is 0.636. The molecule has 0 saturated carbocycles. The van der Waals surface area contributed by atoms with E-state index in [0.29, 0.717) is 6.54 Å². The number of hydrogen-bond acceptors (Lipinski definition) is 3. The Balaban J connectivity index is 1.67. The van der Waals surface area contributed by atoms with E-state index >= 15 is 0 Å². The van der Waals surface area contributed by atoms with Crippen LogP contribution in [0.25, 0.3) is 16.4 Å². The number of fused-ring (bicyclic) bond motifs is 2. The Morgan fingerprint density at radius 1 is 1.00 bits per heavy atom. The highest BCUT2D eigenvalue weighted by atomic mass is 15.4. The van der Waals surface area contributed by atoms with Crippen LogP contribution in [0.1, 0.15) is 5.56 Å². The van der Waals surface area contributed by atoms with Crippen LogP contribution in [0.3, 0.4) is 0 Å². The van der Waals surface area contributed by atoms with Gasteiger partial charge in [0.15, 0.2) is 5.65 Å². The minimum absolute atomic E-state index is 0.668. The van der Waals surface area contributed by atoms with Gasteiger partial charge in [0.2, 0.25) is 5.62 Å². The largest absolute Gasteiger partial charge is 0.302 e. The van der Waals surface area contributed by atoms with Gasteiger partial charge in [-0.2, -0.15) is 5.10 Å². The molecule has 0 radical (unpaired) electrons. The van der Waals surface area contributed by atoms with Gasteiger partial charge in [0.1, 0.15) is 0 Å². The molecule has 0 bridgehead atoms. The third-order valence-electron chi connectivity index (χ3n) is 3.92. The van der Waals surface area contributed by atoms with E-state index in [4.69, 9.17) is 0 Å². The van der Waals surface area contributed by atoms with Crippen molar-refractivity contribution in [3.8, 4) is 0 Å². The lowest BCUT2D eigenvalue weighted by Gasteiger charge is -2.05. The van der Waals surface area contributed by atoms with Crippen LogP contribution >= 0.6 is 0 Å². The summed E-state index contributed by atoms with van der Waals surface area (Å²) in [6.45, 7) is 0.668. The zero-order valence-electron chi connectivity index (χ0n) is 12.8. The number of benzene rings is 2. The molecule has 4 aromatic rings. The van der Waals surface area contributed by atoms with E-state index in [2.05, 4.69) is 58.1 Å². The summed E-state index contributed by atoms with van der Waals surface area (Å²) in [5, 5.41) is 11.4. The van der Waals surface area contributed by atoms with Crippen molar-refractivity contribution in [1.29, 1.82) is 0 Å². The highest BCUT2D eigenvalue weighted by Gasteiger charge is 2.01. The highest BCUT2D eigenvalue weighted by Crippen LogP contribution is 2.18. The molecule has 5 heteroatoms. The maximum atomic E-state index is 4.51. The van der Waals surface area contributed by atoms with Gasteiger partial charge in [0.25, 0.3) is 0 Å². The summed E-state index contributed by atoms with van der Waals surface area (Å²) in [4.78, 5) is 0. The molecule has 0 fully saturated rings. The number of hydrogen-bond donors (Lipinski definition) is 1. The van der Waals surface area contributed by atoms with E-state index in [1.54, 1.807) is 4.68 Å². The van der Waals surface area contributed by atoms with E-state index < -0.39 is 0 Å². The average molecular weight is 303 g/mol. The first-order valence-corrected chi connectivity index (χ1v) is 7.56. The van der Waals surface area contributed by atoms with Gasteiger partial charge in [-0.1, -0.05) is 48.5 Å².